The number of aliphatic carboxylic acids is 1. The summed E-state index contributed by atoms with van der Waals surface area (Å²) in [6.45, 7) is 11.9. The zero-order valence-electron chi connectivity index (χ0n) is 35.1. The summed E-state index contributed by atoms with van der Waals surface area (Å²) in [6.07, 6.45) is 2.75. The van der Waals surface area contributed by atoms with E-state index in [1.165, 1.54) is 6.92 Å². The zero-order chi connectivity index (χ0) is 43.8. The van der Waals surface area contributed by atoms with Crippen LogP contribution in [-0.2, 0) is 46.4 Å². The first-order chi connectivity index (χ1) is 27.9. The number of aromatic nitrogens is 1. The molecular weight excluding hydrogens is 757 g/mol. The van der Waals surface area contributed by atoms with Gasteiger partial charge in [0, 0.05) is 29.9 Å². The Labute approximate surface area is 346 Å². The van der Waals surface area contributed by atoms with Gasteiger partial charge in [-0.1, -0.05) is 96.5 Å². The highest BCUT2D eigenvalue weighted by Crippen LogP contribution is 2.20. The monoisotopic (exact) mass is 818 g/mol. The van der Waals surface area contributed by atoms with Gasteiger partial charge in [-0.15, -0.1) is 0 Å². The summed E-state index contributed by atoms with van der Waals surface area (Å²) in [6, 6.07) is 10.0. The van der Waals surface area contributed by atoms with Gasteiger partial charge in [-0.25, -0.2) is 0 Å². The van der Waals surface area contributed by atoms with Crippen LogP contribution in [0.4, 0.5) is 0 Å². The van der Waals surface area contributed by atoms with Crippen LogP contribution in [0.5, 0.6) is 0 Å². The third-order valence-electron chi connectivity index (χ3n) is 9.95. The van der Waals surface area contributed by atoms with Crippen molar-refractivity contribution < 1.29 is 38.7 Å². The summed E-state index contributed by atoms with van der Waals surface area (Å²) in [5.41, 5.74) is 8.15. The number of hydrogen-bond acceptors (Lipinski definition) is 8. The molecule has 0 saturated heterocycles. The minimum atomic E-state index is -1.24. The quantitative estimate of drug-likeness (QED) is 0.0678. The van der Waals surface area contributed by atoms with Gasteiger partial charge in [0.25, 0.3) is 0 Å². The van der Waals surface area contributed by atoms with E-state index in [4.69, 9.17) is 10.8 Å². The number of nitrogens with one attached hydrogen (secondary N) is 7. The van der Waals surface area contributed by atoms with Crippen LogP contribution in [0, 0.1) is 17.8 Å². The van der Waals surface area contributed by atoms with E-state index in [9.17, 15) is 33.6 Å². The predicted octanol–water partition coefficient (Wildman–Crippen LogP) is 2.06. The molecule has 0 bridgehead atoms. The Morgan fingerprint density at radius 2 is 1.14 bits per heavy atom. The molecule has 2 aromatic carbocycles. The van der Waals surface area contributed by atoms with Gasteiger partial charge in [0.05, 0.1) is 6.04 Å². The van der Waals surface area contributed by atoms with Crippen molar-refractivity contribution in [3.05, 3.63) is 71.9 Å². The van der Waals surface area contributed by atoms with Crippen molar-refractivity contribution in [1.29, 1.82) is 0 Å². The summed E-state index contributed by atoms with van der Waals surface area (Å²) in [5, 5.41) is 26.1. The fraction of sp³-hybridized carbons (Fsp3) is 0.512. The molecule has 6 amide bonds. The Kier molecular flexibility index (Phi) is 18.5. The lowest BCUT2D eigenvalue weighted by atomic mass is 9.95. The molecule has 0 unspecified atom stereocenters. The second-order valence-electron chi connectivity index (χ2n) is 16.0. The molecule has 0 spiro atoms. The Bertz CT molecular complexity index is 1900. The number of carboxylic acids is 1. The van der Waals surface area contributed by atoms with Crippen LogP contribution < -0.4 is 37.6 Å². The molecule has 1 aromatic heterocycles. The van der Waals surface area contributed by atoms with Gasteiger partial charge in [-0.2, -0.15) is 0 Å². The van der Waals surface area contributed by atoms with Crippen LogP contribution in [0.1, 0.15) is 78.9 Å². The lowest BCUT2D eigenvalue weighted by molar-refractivity contribution is -0.139. The number of aromatic amines is 1. The van der Waals surface area contributed by atoms with E-state index in [0.29, 0.717) is 6.42 Å². The van der Waals surface area contributed by atoms with Crippen LogP contribution in [0.25, 0.3) is 10.9 Å². The smallest absolute Gasteiger partial charge is 0.322 e. The summed E-state index contributed by atoms with van der Waals surface area (Å²) < 4.78 is 0. The molecule has 1 heterocycles. The second kappa shape index (κ2) is 23.0. The molecule has 3 aromatic rings. The van der Waals surface area contributed by atoms with E-state index in [0.717, 1.165) is 22.0 Å². The van der Waals surface area contributed by atoms with Gasteiger partial charge < -0.3 is 47.7 Å². The highest BCUT2D eigenvalue weighted by Gasteiger charge is 2.35. The van der Waals surface area contributed by atoms with Gasteiger partial charge >= 0.3 is 5.97 Å². The van der Waals surface area contributed by atoms with Gasteiger partial charge in [0.2, 0.25) is 35.4 Å². The SMILES string of the molecule is CC[C@H](C)[C@H](NC(=O)[C@H](CC(C)C)NC(=O)[C@H](Cc1c[nH]c2ccccc12)NC(=O)[C@H](Cc1ccccc1)NC(=O)[C@H](C)N)C(=O)N[C@@H](CC(C)C)C(=O)NCC(=O)O. The number of carboxylic acid groups (broad SMARTS) is 1. The van der Waals surface area contributed by atoms with E-state index in [1.807, 2.05) is 89.2 Å². The molecule has 3 rings (SSSR count). The molecule has 322 valence electrons. The minimum Gasteiger partial charge on any atom is -0.480 e. The zero-order valence-corrected chi connectivity index (χ0v) is 35.1. The summed E-state index contributed by atoms with van der Waals surface area (Å²) in [7, 11) is 0. The lowest BCUT2D eigenvalue weighted by Crippen LogP contribution is -2.61. The number of hydrogen-bond donors (Lipinski definition) is 9. The highest BCUT2D eigenvalue weighted by atomic mass is 16.4. The van der Waals surface area contributed by atoms with Crippen LogP contribution >= 0.6 is 0 Å². The van der Waals surface area contributed by atoms with Gasteiger partial charge in [0.1, 0.15) is 36.8 Å². The molecule has 10 N–H and O–H groups in total. The molecule has 16 nitrogen and oxygen atoms in total. The van der Waals surface area contributed by atoms with E-state index in [1.54, 1.807) is 13.1 Å². The number of amides is 6. The Morgan fingerprint density at radius 1 is 0.627 bits per heavy atom. The van der Waals surface area contributed by atoms with Crippen LogP contribution in [0.3, 0.4) is 0 Å². The minimum absolute atomic E-state index is 0.0238. The number of rotatable bonds is 23. The largest absolute Gasteiger partial charge is 0.480 e. The first kappa shape index (κ1) is 47.6. The van der Waals surface area contributed by atoms with Crippen LogP contribution in [0.2, 0.25) is 0 Å². The molecule has 59 heavy (non-hydrogen) atoms. The number of nitrogens with two attached hydrogens (primary N) is 1. The highest BCUT2D eigenvalue weighted by molar-refractivity contribution is 5.97. The third kappa shape index (κ3) is 15.2. The molecule has 0 saturated carbocycles. The van der Waals surface area contributed by atoms with Crippen molar-refractivity contribution in [2.24, 2.45) is 23.5 Å². The fourth-order valence-corrected chi connectivity index (χ4v) is 6.55. The molecular formula is C43H62N8O8. The molecule has 0 fully saturated rings. The first-order valence-electron chi connectivity index (χ1n) is 20.3. The molecule has 7 atom stereocenters. The van der Waals surface area contributed by atoms with Crippen molar-refractivity contribution >= 4 is 52.3 Å². The summed E-state index contributed by atoms with van der Waals surface area (Å²) in [4.78, 5) is 96.4. The van der Waals surface area contributed by atoms with E-state index < -0.39 is 90.1 Å². The number of fused-ring (bicyclic) bond motifs is 1. The maximum Gasteiger partial charge on any atom is 0.322 e. The van der Waals surface area contributed by atoms with E-state index >= 15 is 0 Å². The number of H-pyrrole nitrogens is 1. The summed E-state index contributed by atoms with van der Waals surface area (Å²) >= 11 is 0. The number of para-hydroxylation sites is 1. The van der Waals surface area contributed by atoms with Crippen LogP contribution in [-0.4, -0.2) is 94.3 Å². The van der Waals surface area contributed by atoms with E-state index in [2.05, 4.69) is 36.9 Å². The Hall–Kier alpha value is -5.77. The van der Waals surface area contributed by atoms with Gasteiger partial charge in [0.15, 0.2) is 0 Å². The van der Waals surface area contributed by atoms with Gasteiger partial charge in [-0.3, -0.25) is 33.6 Å². The Balaban J connectivity index is 1.94. The second-order valence-corrected chi connectivity index (χ2v) is 16.0. The predicted molar refractivity (Wildman–Crippen MR) is 224 cm³/mol. The molecule has 16 heteroatoms. The van der Waals surface area contributed by atoms with Gasteiger partial charge in [-0.05, 0) is 54.7 Å². The van der Waals surface area contributed by atoms with Crippen molar-refractivity contribution in [2.45, 2.75) is 117 Å². The molecule has 0 radical (unpaired) electrons. The average molecular weight is 819 g/mol. The molecule has 0 aliphatic carbocycles. The normalized spacial score (nSPS) is 14.9. The number of benzene rings is 2. The molecule has 0 aliphatic heterocycles. The van der Waals surface area contributed by atoms with Crippen molar-refractivity contribution in [3.63, 3.8) is 0 Å². The standard InChI is InChI=1S/C43H62N8O8/c1-8-26(6)37(43(59)50-32(18-24(2)3)39(55)46-23-36(52)53)51-42(58)33(19-25(4)5)48-41(57)35(21-29-22-45-31-17-13-12-16-30(29)31)49-40(56)34(47-38(54)27(7)44)20-28-14-10-9-11-15-28/h9-17,22,24-27,32-35,37,45H,8,18-21,23,44H2,1-7H3,(H,46,55)(H,47,54)(H,48,57)(H,49,56)(H,50,59)(H,51,58)(H,52,53)/t26-,27-,32-,33-,34-,35-,37-/m0/s1. The average Bonchev–Trinajstić information content (AvgIpc) is 3.59. The number of carbonyl (C=O) groups is 7. The summed E-state index contributed by atoms with van der Waals surface area (Å²) in [5.74, 6) is -5.58. The van der Waals surface area contributed by atoms with Crippen molar-refractivity contribution in [2.75, 3.05) is 6.54 Å². The maximum atomic E-state index is 14.4. The van der Waals surface area contributed by atoms with E-state index in [-0.39, 0.29) is 37.5 Å². The first-order valence-corrected chi connectivity index (χ1v) is 20.3. The third-order valence-corrected chi connectivity index (χ3v) is 9.95. The Morgan fingerprint density at radius 3 is 1.71 bits per heavy atom. The number of carbonyl (C=O) groups excluding carboxylic acids is 6. The fourth-order valence-electron chi connectivity index (χ4n) is 6.55. The van der Waals surface area contributed by atoms with Crippen molar-refractivity contribution in [3.8, 4) is 0 Å². The van der Waals surface area contributed by atoms with Crippen LogP contribution in [0.15, 0.2) is 60.8 Å². The lowest BCUT2D eigenvalue weighted by Gasteiger charge is -2.30. The van der Waals surface area contributed by atoms with Crippen molar-refractivity contribution in [1.82, 2.24) is 36.9 Å². The molecule has 0 aliphatic rings. The maximum absolute atomic E-state index is 14.4. The topological polar surface area (TPSA) is 254 Å².